The third kappa shape index (κ3) is 2.40. The van der Waals surface area contributed by atoms with Crippen molar-refractivity contribution in [1.29, 1.82) is 0 Å². The normalized spacial score (nSPS) is 19.2. The molecule has 1 saturated carbocycles. The highest BCUT2D eigenvalue weighted by atomic mass is 79.9. The molecule has 0 radical (unpaired) electrons. The molecule has 0 heterocycles. The molecule has 1 aliphatic rings. The van der Waals surface area contributed by atoms with Gasteiger partial charge in [0.15, 0.2) is 0 Å². The second-order valence-electron chi connectivity index (χ2n) is 3.81. The summed E-state index contributed by atoms with van der Waals surface area (Å²) in [7, 11) is 0. The molecule has 16 heavy (non-hydrogen) atoms. The first-order chi connectivity index (χ1) is 7.37. The van der Waals surface area contributed by atoms with Gasteiger partial charge in [0, 0.05) is 23.4 Å². The molecular weight excluding hydrogens is 303 g/mol. The van der Waals surface area contributed by atoms with E-state index in [0.29, 0.717) is 20.9 Å². The Balaban J connectivity index is 2.08. The van der Waals surface area contributed by atoms with Crippen molar-refractivity contribution in [2.24, 2.45) is 0 Å². The smallest absolute Gasteiger partial charge is 0.255 e. The van der Waals surface area contributed by atoms with Gasteiger partial charge in [0.2, 0.25) is 0 Å². The molecule has 1 aliphatic carbocycles. The van der Waals surface area contributed by atoms with Crippen LogP contribution in [0.2, 0.25) is 5.02 Å². The van der Waals surface area contributed by atoms with E-state index in [1.54, 1.807) is 6.07 Å². The van der Waals surface area contributed by atoms with Crippen molar-refractivity contribution in [3.8, 4) is 5.75 Å². The van der Waals surface area contributed by atoms with Crippen molar-refractivity contribution < 1.29 is 13.5 Å². The summed E-state index contributed by atoms with van der Waals surface area (Å²) in [6, 6.07) is 3.12. The molecule has 2 N–H and O–H groups in total. The van der Waals surface area contributed by atoms with Crippen molar-refractivity contribution in [1.82, 2.24) is 0 Å². The first-order valence-electron chi connectivity index (χ1n) is 4.66. The topological polar surface area (TPSA) is 35.2 Å². The van der Waals surface area contributed by atoms with Gasteiger partial charge >= 0.3 is 0 Å². The molecule has 0 bridgehead atoms. The average molecular weight is 313 g/mol. The summed E-state index contributed by atoms with van der Waals surface area (Å²) in [5, 5.41) is 0.440. The van der Waals surface area contributed by atoms with Gasteiger partial charge in [-0.2, -0.15) is 0 Å². The largest absolute Gasteiger partial charge is 0.488 e. The summed E-state index contributed by atoms with van der Waals surface area (Å²) in [6.07, 6.45) is -1.00. The molecule has 2 nitrogen and oxygen atoms in total. The summed E-state index contributed by atoms with van der Waals surface area (Å²) in [6.45, 7) is 0. The molecule has 0 atom stereocenters. The van der Waals surface area contributed by atoms with Gasteiger partial charge in [0.25, 0.3) is 5.92 Å². The number of halogens is 4. The van der Waals surface area contributed by atoms with Gasteiger partial charge in [-0.15, -0.1) is 0 Å². The molecule has 0 aromatic heterocycles. The Bertz CT molecular complexity index is 420. The van der Waals surface area contributed by atoms with Crippen LogP contribution < -0.4 is 10.5 Å². The summed E-state index contributed by atoms with van der Waals surface area (Å²) >= 11 is 9.06. The lowest BCUT2D eigenvalue weighted by Crippen LogP contribution is -2.43. The maximum absolute atomic E-state index is 12.6. The Morgan fingerprint density at radius 1 is 1.44 bits per heavy atom. The van der Waals surface area contributed by atoms with Gasteiger partial charge in [-0.25, -0.2) is 8.78 Å². The number of ether oxygens (including phenoxy) is 1. The predicted molar refractivity (Wildman–Crippen MR) is 62.2 cm³/mol. The number of anilines is 1. The summed E-state index contributed by atoms with van der Waals surface area (Å²) in [5.41, 5.74) is 6.06. The van der Waals surface area contributed by atoms with E-state index < -0.39 is 12.0 Å². The third-order valence-electron chi connectivity index (χ3n) is 2.40. The fourth-order valence-corrected chi connectivity index (χ4v) is 2.03. The van der Waals surface area contributed by atoms with Crippen LogP contribution in [0.1, 0.15) is 12.8 Å². The van der Waals surface area contributed by atoms with E-state index in [1.807, 2.05) is 0 Å². The number of alkyl halides is 2. The number of rotatable bonds is 2. The van der Waals surface area contributed by atoms with Crippen LogP contribution in [0.5, 0.6) is 5.75 Å². The van der Waals surface area contributed by atoms with Crippen LogP contribution in [0.3, 0.4) is 0 Å². The second kappa shape index (κ2) is 4.04. The molecule has 1 fully saturated rings. The minimum atomic E-state index is -2.60. The van der Waals surface area contributed by atoms with E-state index in [2.05, 4.69) is 15.9 Å². The van der Waals surface area contributed by atoms with Crippen LogP contribution in [0.15, 0.2) is 16.6 Å². The van der Waals surface area contributed by atoms with Gasteiger partial charge in [-0.3, -0.25) is 0 Å². The standard InChI is InChI=1S/C10H9BrClF2NO/c11-6-1-8(15)9(2-7(6)12)16-5-3-10(13,14)4-5/h1-2,5H,3-4,15H2. The minimum Gasteiger partial charge on any atom is -0.488 e. The Morgan fingerprint density at radius 2 is 2.06 bits per heavy atom. The number of hydrogen-bond acceptors (Lipinski definition) is 2. The molecule has 0 unspecified atom stereocenters. The molecule has 0 aliphatic heterocycles. The van der Waals surface area contributed by atoms with Crippen molar-refractivity contribution in [3.63, 3.8) is 0 Å². The lowest BCUT2D eigenvalue weighted by Gasteiger charge is -2.35. The van der Waals surface area contributed by atoms with Gasteiger partial charge in [0.1, 0.15) is 11.9 Å². The van der Waals surface area contributed by atoms with Gasteiger partial charge in [-0.05, 0) is 22.0 Å². The van der Waals surface area contributed by atoms with Crippen LogP contribution in [-0.4, -0.2) is 12.0 Å². The lowest BCUT2D eigenvalue weighted by molar-refractivity contribution is -0.134. The lowest BCUT2D eigenvalue weighted by atomic mass is 9.91. The molecule has 1 aromatic carbocycles. The fourth-order valence-electron chi connectivity index (χ4n) is 1.52. The molecule has 88 valence electrons. The first kappa shape index (κ1) is 11.9. The van der Waals surface area contributed by atoms with Crippen LogP contribution in [0.4, 0.5) is 14.5 Å². The van der Waals surface area contributed by atoms with Gasteiger partial charge < -0.3 is 10.5 Å². The van der Waals surface area contributed by atoms with E-state index in [9.17, 15) is 8.78 Å². The molecule has 6 heteroatoms. The van der Waals surface area contributed by atoms with E-state index >= 15 is 0 Å². The van der Waals surface area contributed by atoms with Crippen LogP contribution in [0.25, 0.3) is 0 Å². The SMILES string of the molecule is Nc1cc(Br)c(Cl)cc1OC1CC(F)(F)C1. The van der Waals surface area contributed by atoms with Crippen LogP contribution in [0, 0.1) is 0 Å². The second-order valence-corrected chi connectivity index (χ2v) is 5.07. The highest BCUT2D eigenvalue weighted by Crippen LogP contribution is 2.41. The average Bonchev–Trinajstić information content (AvgIpc) is 2.11. The quantitative estimate of drug-likeness (QED) is 0.842. The molecule has 0 saturated heterocycles. The Kier molecular flexibility index (Phi) is 3.01. The highest BCUT2D eigenvalue weighted by Gasteiger charge is 2.47. The van der Waals surface area contributed by atoms with Crippen molar-refractivity contribution >= 4 is 33.2 Å². The maximum atomic E-state index is 12.6. The van der Waals surface area contributed by atoms with Crippen LogP contribution >= 0.6 is 27.5 Å². The molecule has 2 rings (SSSR count). The summed E-state index contributed by atoms with van der Waals surface area (Å²) in [5.74, 6) is -2.24. The fraction of sp³-hybridized carbons (Fsp3) is 0.400. The predicted octanol–water partition coefficient (Wildman–Crippen LogP) is 3.86. The Hall–Kier alpha value is -0.550. The molecular formula is C10H9BrClF2NO. The molecule has 1 aromatic rings. The van der Waals surface area contributed by atoms with Gasteiger partial charge in [0.05, 0.1) is 10.7 Å². The Morgan fingerprint density at radius 3 is 2.62 bits per heavy atom. The minimum absolute atomic E-state index is 0.264. The summed E-state index contributed by atoms with van der Waals surface area (Å²) < 4.78 is 31.2. The van der Waals surface area contributed by atoms with Gasteiger partial charge in [-0.1, -0.05) is 11.6 Å². The van der Waals surface area contributed by atoms with E-state index in [-0.39, 0.29) is 12.8 Å². The van der Waals surface area contributed by atoms with E-state index in [0.717, 1.165) is 0 Å². The number of nitrogens with two attached hydrogens (primary N) is 1. The van der Waals surface area contributed by atoms with Crippen LogP contribution in [-0.2, 0) is 0 Å². The van der Waals surface area contributed by atoms with Crippen molar-refractivity contribution in [2.45, 2.75) is 24.9 Å². The van der Waals surface area contributed by atoms with E-state index in [1.165, 1.54) is 6.07 Å². The maximum Gasteiger partial charge on any atom is 0.255 e. The summed E-state index contributed by atoms with van der Waals surface area (Å²) in [4.78, 5) is 0. The van der Waals surface area contributed by atoms with E-state index in [4.69, 9.17) is 22.1 Å². The zero-order valence-corrected chi connectivity index (χ0v) is 10.5. The number of nitrogen functional groups attached to an aromatic ring is 1. The number of benzene rings is 1. The monoisotopic (exact) mass is 311 g/mol. The molecule has 0 amide bonds. The zero-order valence-electron chi connectivity index (χ0n) is 8.14. The number of hydrogen-bond donors (Lipinski definition) is 1. The highest BCUT2D eigenvalue weighted by molar-refractivity contribution is 9.10. The first-order valence-corrected chi connectivity index (χ1v) is 5.83. The van der Waals surface area contributed by atoms with Crippen molar-refractivity contribution in [2.75, 3.05) is 5.73 Å². The van der Waals surface area contributed by atoms with Crippen molar-refractivity contribution in [3.05, 3.63) is 21.6 Å². The molecule has 0 spiro atoms. The zero-order chi connectivity index (χ0) is 11.9. The third-order valence-corrected chi connectivity index (χ3v) is 3.60. The Labute approximate surface area is 105 Å².